The fourth-order valence-electron chi connectivity index (χ4n) is 3.47. The van der Waals surface area contributed by atoms with Crippen LogP contribution in [0.4, 0.5) is 0 Å². The maximum absolute atomic E-state index is 12.4. The van der Waals surface area contributed by atoms with Crippen molar-refractivity contribution in [3.63, 3.8) is 0 Å². The lowest BCUT2D eigenvalue weighted by Gasteiger charge is -2.24. The Balaban J connectivity index is 1.53. The monoisotopic (exact) mass is 300 g/mol. The van der Waals surface area contributed by atoms with Gasteiger partial charge in [-0.2, -0.15) is 0 Å². The van der Waals surface area contributed by atoms with Gasteiger partial charge in [-0.15, -0.1) is 0 Å². The summed E-state index contributed by atoms with van der Waals surface area (Å²) in [6.07, 6.45) is 6.20. The predicted molar refractivity (Wildman–Crippen MR) is 85.0 cm³/mol. The number of nitrogens with zero attached hydrogens (tertiary/aromatic N) is 1. The van der Waals surface area contributed by atoms with Gasteiger partial charge in [0.15, 0.2) is 0 Å². The summed E-state index contributed by atoms with van der Waals surface area (Å²) in [7, 11) is 0. The van der Waals surface area contributed by atoms with Crippen LogP contribution in [0, 0.1) is 5.92 Å². The summed E-state index contributed by atoms with van der Waals surface area (Å²) >= 11 is 0. The first-order chi connectivity index (χ1) is 10.7. The van der Waals surface area contributed by atoms with Crippen molar-refractivity contribution in [2.45, 2.75) is 51.1 Å². The minimum Gasteiger partial charge on any atom is -0.353 e. The van der Waals surface area contributed by atoms with Crippen molar-refractivity contribution >= 4 is 11.8 Å². The standard InChI is InChI=1S/C18H24N2O2/c21-17-11-15(18(22)19-16-9-5-2-6-10-16)13-20(17)12-14-7-3-1-4-8-14/h1,3-4,7-8,15-16H,2,5-6,9-13H2,(H,19,22)/t15-/m0/s1. The molecule has 0 unspecified atom stereocenters. The summed E-state index contributed by atoms with van der Waals surface area (Å²) in [5.74, 6) is -0.0263. The molecule has 0 spiro atoms. The molecular weight excluding hydrogens is 276 g/mol. The zero-order valence-electron chi connectivity index (χ0n) is 13.0. The number of carbonyl (C=O) groups excluding carboxylic acids is 2. The van der Waals surface area contributed by atoms with Gasteiger partial charge in [0.1, 0.15) is 0 Å². The molecule has 4 heteroatoms. The van der Waals surface area contributed by atoms with Crippen LogP contribution in [0.25, 0.3) is 0 Å². The maximum atomic E-state index is 12.4. The second-order valence-electron chi connectivity index (χ2n) is 6.50. The summed E-state index contributed by atoms with van der Waals surface area (Å²) < 4.78 is 0. The van der Waals surface area contributed by atoms with Gasteiger partial charge in [0.05, 0.1) is 5.92 Å². The predicted octanol–water partition coefficient (Wildman–Crippen LogP) is 2.48. The second kappa shape index (κ2) is 6.95. The van der Waals surface area contributed by atoms with Crippen LogP contribution in [-0.2, 0) is 16.1 Å². The highest BCUT2D eigenvalue weighted by atomic mass is 16.2. The van der Waals surface area contributed by atoms with E-state index in [9.17, 15) is 9.59 Å². The van der Waals surface area contributed by atoms with Gasteiger partial charge in [0, 0.05) is 25.6 Å². The molecule has 118 valence electrons. The third-order valence-electron chi connectivity index (χ3n) is 4.75. The smallest absolute Gasteiger partial charge is 0.225 e. The Hall–Kier alpha value is -1.84. The SMILES string of the molecule is O=C(NC1CCCCC1)[C@H]1CC(=O)N(Cc2ccccc2)C1. The van der Waals surface area contributed by atoms with E-state index in [1.165, 1.54) is 19.3 Å². The highest BCUT2D eigenvalue weighted by Crippen LogP contribution is 2.22. The summed E-state index contributed by atoms with van der Waals surface area (Å²) in [5, 5.41) is 3.15. The molecule has 0 radical (unpaired) electrons. The number of rotatable bonds is 4. The van der Waals surface area contributed by atoms with Gasteiger partial charge in [0.2, 0.25) is 11.8 Å². The molecule has 2 amide bonds. The van der Waals surface area contributed by atoms with Crippen molar-refractivity contribution in [2.75, 3.05) is 6.54 Å². The lowest BCUT2D eigenvalue weighted by atomic mass is 9.95. The van der Waals surface area contributed by atoms with Crippen LogP contribution in [0.5, 0.6) is 0 Å². The van der Waals surface area contributed by atoms with E-state index < -0.39 is 0 Å². The van der Waals surface area contributed by atoms with Gasteiger partial charge < -0.3 is 10.2 Å². The van der Waals surface area contributed by atoms with Gasteiger partial charge in [-0.1, -0.05) is 49.6 Å². The molecule has 4 nitrogen and oxygen atoms in total. The Labute approximate surface area is 131 Å². The third-order valence-corrected chi connectivity index (χ3v) is 4.75. The third kappa shape index (κ3) is 3.67. The highest BCUT2D eigenvalue weighted by Gasteiger charge is 2.34. The van der Waals surface area contributed by atoms with Crippen LogP contribution in [0.2, 0.25) is 0 Å². The fraction of sp³-hybridized carbons (Fsp3) is 0.556. The molecule has 1 aromatic carbocycles. The average Bonchev–Trinajstić information content (AvgIpc) is 2.90. The Morgan fingerprint density at radius 2 is 1.86 bits per heavy atom. The van der Waals surface area contributed by atoms with Gasteiger partial charge in [-0.3, -0.25) is 9.59 Å². The summed E-state index contributed by atoms with van der Waals surface area (Å²) in [4.78, 5) is 26.3. The first-order valence-corrected chi connectivity index (χ1v) is 8.34. The van der Waals surface area contributed by atoms with E-state index in [0.717, 1.165) is 18.4 Å². The van der Waals surface area contributed by atoms with Crippen LogP contribution < -0.4 is 5.32 Å². The zero-order valence-corrected chi connectivity index (χ0v) is 13.0. The van der Waals surface area contributed by atoms with E-state index in [4.69, 9.17) is 0 Å². The summed E-state index contributed by atoms with van der Waals surface area (Å²) in [5.41, 5.74) is 1.11. The highest BCUT2D eigenvalue weighted by molar-refractivity contribution is 5.89. The number of hydrogen-bond donors (Lipinski definition) is 1. The second-order valence-corrected chi connectivity index (χ2v) is 6.50. The zero-order chi connectivity index (χ0) is 15.4. The molecule has 0 bridgehead atoms. The normalized spacial score (nSPS) is 22.8. The number of carbonyl (C=O) groups is 2. The molecule has 2 aliphatic rings. The molecule has 1 saturated carbocycles. The van der Waals surface area contributed by atoms with Crippen molar-refractivity contribution in [3.8, 4) is 0 Å². The van der Waals surface area contributed by atoms with Crippen LogP contribution in [0.1, 0.15) is 44.1 Å². The van der Waals surface area contributed by atoms with Crippen molar-refractivity contribution in [1.82, 2.24) is 10.2 Å². The van der Waals surface area contributed by atoms with Crippen LogP contribution in [-0.4, -0.2) is 29.3 Å². The summed E-state index contributed by atoms with van der Waals surface area (Å²) in [6, 6.07) is 10.3. The number of nitrogens with one attached hydrogen (secondary N) is 1. The first kappa shape index (κ1) is 15.1. The lowest BCUT2D eigenvalue weighted by molar-refractivity contribution is -0.129. The average molecular weight is 300 g/mol. The lowest BCUT2D eigenvalue weighted by Crippen LogP contribution is -2.40. The van der Waals surface area contributed by atoms with Crippen molar-refractivity contribution in [3.05, 3.63) is 35.9 Å². The summed E-state index contributed by atoms with van der Waals surface area (Å²) in [6.45, 7) is 1.15. The number of amides is 2. The molecule has 0 aromatic heterocycles. The molecule has 1 heterocycles. The Morgan fingerprint density at radius 3 is 2.59 bits per heavy atom. The Morgan fingerprint density at radius 1 is 1.14 bits per heavy atom. The van der Waals surface area contributed by atoms with E-state index >= 15 is 0 Å². The maximum Gasteiger partial charge on any atom is 0.225 e. The Bertz CT molecular complexity index is 523. The van der Waals surface area contributed by atoms with Crippen LogP contribution in [0.3, 0.4) is 0 Å². The minimum atomic E-state index is -0.182. The topological polar surface area (TPSA) is 49.4 Å². The molecule has 1 saturated heterocycles. The number of hydrogen-bond acceptors (Lipinski definition) is 2. The molecule has 3 rings (SSSR count). The number of benzene rings is 1. The van der Waals surface area contributed by atoms with Crippen molar-refractivity contribution < 1.29 is 9.59 Å². The van der Waals surface area contributed by atoms with Gasteiger partial charge in [-0.05, 0) is 18.4 Å². The van der Waals surface area contributed by atoms with E-state index in [0.29, 0.717) is 25.6 Å². The largest absolute Gasteiger partial charge is 0.353 e. The number of likely N-dealkylation sites (tertiary alicyclic amines) is 1. The van der Waals surface area contributed by atoms with Gasteiger partial charge in [0.25, 0.3) is 0 Å². The Kier molecular flexibility index (Phi) is 4.76. The van der Waals surface area contributed by atoms with Gasteiger partial charge >= 0.3 is 0 Å². The molecule has 1 aromatic rings. The molecular formula is C18H24N2O2. The fourth-order valence-corrected chi connectivity index (χ4v) is 3.47. The van der Waals surface area contributed by atoms with E-state index in [-0.39, 0.29) is 17.7 Å². The van der Waals surface area contributed by atoms with Crippen molar-refractivity contribution in [1.29, 1.82) is 0 Å². The van der Waals surface area contributed by atoms with Crippen molar-refractivity contribution in [2.24, 2.45) is 5.92 Å². The molecule has 1 N–H and O–H groups in total. The first-order valence-electron chi connectivity index (χ1n) is 8.34. The molecule has 22 heavy (non-hydrogen) atoms. The minimum absolute atomic E-state index is 0.0656. The van der Waals surface area contributed by atoms with E-state index in [1.807, 2.05) is 30.3 Å². The molecule has 2 fully saturated rings. The quantitative estimate of drug-likeness (QED) is 0.928. The molecule has 1 aliphatic heterocycles. The molecule has 1 aliphatic carbocycles. The molecule has 1 atom stereocenters. The van der Waals surface area contributed by atoms with Gasteiger partial charge in [-0.25, -0.2) is 0 Å². The van der Waals surface area contributed by atoms with Crippen LogP contribution >= 0.6 is 0 Å². The van der Waals surface area contributed by atoms with Crippen LogP contribution in [0.15, 0.2) is 30.3 Å². The van der Waals surface area contributed by atoms with E-state index in [1.54, 1.807) is 4.90 Å². The van der Waals surface area contributed by atoms with E-state index in [2.05, 4.69) is 5.32 Å².